The van der Waals surface area contributed by atoms with Crippen LogP contribution in [0.5, 0.6) is 0 Å². The van der Waals surface area contributed by atoms with Gasteiger partial charge < -0.3 is 5.73 Å². The summed E-state index contributed by atoms with van der Waals surface area (Å²) in [5.74, 6) is 0.720. The Balaban J connectivity index is 2.69. The minimum absolute atomic E-state index is 0.0768. The summed E-state index contributed by atoms with van der Waals surface area (Å²) in [6.07, 6.45) is 0. The van der Waals surface area contributed by atoms with Crippen molar-refractivity contribution >= 4 is 17.4 Å². The van der Waals surface area contributed by atoms with Crippen molar-refractivity contribution in [1.82, 2.24) is 19.7 Å². The molecule has 0 aromatic carbocycles. The van der Waals surface area contributed by atoms with Gasteiger partial charge in [-0.3, -0.25) is 9.78 Å². The van der Waals surface area contributed by atoms with Crippen molar-refractivity contribution in [2.75, 3.05) is 5.73 Å². The van der Waals surface area contributed by atoms with E-state index in [0.29, 0.717) is 11.5 Å². The molecule has 0 bridgehead atoms. The van der Waals surface area contributed by atoms with E-state index in [2.05, 4.69) is 15.1 Å². The Hall–Kier alpha value is -1.82. The molecule has 0 saturated heterocycles. The van der Waals surface area contributed by atoms with E-state index >= 15 is 0 Å². The molecule has 90 valence electrons. The molecule has 0 amide bonds. The normalized spacial score (nSPS) is 10.8. The number of nitrogens with zero attached hydrogens (tertiary/aromatic N) is 3. The second kappa shape index (κ2) is 3.89. The van der Waals surface area contributed by atoms with Crippen molar-refractivity contribution in [3.8, 4) is 5.95 Å². The quantitative estimate of drug-likeness (QED) is 0.797. The molecule has 2 heterocycles. The Morgan fingerprint density at radius 2 is 1.94 bits per heavy atom. The van der Waals surface area contributed by atoms with E-state index < -0.39 is 5.56 Å². The van der Waals surface area contributed by atoms with Gasteiger partial charge in [0.2, 0.25) is 5.95 Å². The second-order valence-electron chi connectivity index (χ2n) is 3.80. The molecule has 0 fully saturated rings. The van der Waals surface area contributed by atoms with Gasteiger partial charge in [-0.1, -0.05) is 11.6 Å². The first-order valence-electron chi connectivity index (χ1n) is 5.00. The first-order valence-corrected chi connectivity index (χ1v) is 5.38. The van der Waals surface area contributed by atoms with Gasteiger partial charge in [0.25, 0.3) is 5.56 Å². The van der Waals surface area contributed by atoms with Crippen LogP contribution < -0.4 is 11.3 Å². The maximum Gasteiger partial charge on any atom is 0.271 e. The van der Waals surface area contributed by atoms with E-state index in [4.69, 9.17) is 17.3 Å². The lowest BCUT2D eigenvalue weighted by atomic mass is 10.3. The molecule has 2 rings (SSSR count). The van der Waals surface area contributed by atoms with Crippen LogP contribution in [0.15, 0.2) is 4.79 Å². The van der Waals surface area contributed by atoms with E-state index in [0.717, 1.165) is 11.3 Å². The average molecular weight is 254 g/mol. The van der Waals surface area contributed by atoms with Crippen molar-refractivity contribution in [2.24, 2.45) is 0 Å². The number of nitrogens with one attached hydrogen (secondary N) is 1. The third-order valence-corrected chi connectivity index (χ3v) is 3.07. The van der Waals surface area contributed by atoms with Crippen molar-refractivity contribution in [2.45, 2.75) is 20.8 Å². The molecule has 2 aromatic rings. The summed E-state index contributed by atoms with van der Waals surface area (Å²) in [4.78, 5) is 18.2. The number of aromatic amines is 1. The van der Waals surface area contributed by atoms with Crippen LogP contribution in [0.3, 0.4) is 0 Å². The zero-order valence-corrected chi connectivity index (χ0v) is 10.5. The molecule has 0 aliphatic rings. The van der Waals surface area contributed by atoms with Gasteiger partial charge in [-0.05, 0) is 20.8 Å². The monoisotopic (exact) mass is 253 g/mol. The van der Waals surface area contributed by atoms with Crippen molar-refractivity contribution < 1.29 is 0 Å². The fourth-order valence-corrected chi connectivity index (χ4v) is 1.53. The number of rotatable bonds is 1. The van der Waals surface area contributed by atoms with Gasteiger partial charge in [-0.15, -0.1) is 0 Å². The average Bonchev–Trinajstić information content (AvgIpc) is 2.53. The molecule has 0 radical (unpaired) electrons. The third-order valence-electron chi connectivity index (χ3n) is 2.62. The summed E-state index contributed by atoms with van der Waals surface area (Å²) < 4.78 is 1.40. The predicted molar refractivity (Wildman–Crippen MR) is 65.6 cm³/mol. The number of H-pyrrole nitrogens is 1. The molecule has 0 aliphatic carbocycles. The topological polar surface area (TPSA) is 89.6 Å². The summed E-state index contributed by atoms with van der Waals surface area (Å²) in [5.41, 5.74) is 7.57. The van der Waals surface area contributed by atoms with Crippen LogP contribution in [0.2, 0.25) is 5.02 Å². The van der Waals surface area contributed by atoms with Crippen LogP contribution in [0.1, 0.15) is 17.0 Å². The second-order valence-corrected chi connectivity index (χ2v) is 4.17. The molecule has 0 atom stereocenters. The fraction of sp³-hybridized carbons (Fsp3) is 0.300. The van der Waals surface area contributed by atoms with E-state index in [9.17, 15) is 4.79 Å². The number of nitrogens with two attached hydrogens (primary N) is 1. The van der Waals surface area contributed by atoms with Crippen LogP contribution in [0.25, 0.3) is 5.95 Å². The summed E-state index contributed by atoms with van der Waals surface area (Å²) in [6.45, 7) is 5.35. The summed E-state index contributed by atoms with van der Waals surface area (Å²) >= 11 is 5.75. The molecular weight excluding hydrogens is 242 g/mol. The lowest BCUT2D eigenvalue weighted by molar-refractivity contribution is 0.792. The first-order chi connectivity index (χ1) is 7.91. The lowest BCUT2D eigenvalue weighted by Crippen LogP contribution is -2.17. The molecule has 0 spiro atoms. The van der Waals surface area contributed by atoms with Crippen LogP contribution >= 0.6 is 11.6 Å². The van der Waals surface area contributed by atoms with Crippen LogP contribution in [-0.2, 0) is 0 Å². The Morgan fingerprint density at radius 3 is 2.41 bits per heavy atom. The highest BCUT2D eigenvalue weighted by Gasteiger charge is 2.13. The predicted octanol–water partition coefficient (Wildman–Crippen LogP) is 1.12. The molecular formula is C10H12ClN5O. The van der Waals surface area contributed by atoms with Crippen molar-refractivity contribution in [1.29, 1.82) is 0 Å². The molecule has 0 saturated carbocycles. The maximum absolute atomic E-state index is 11.5. The number of halogens is 1. The van der Waals surface area contributed by atoms with Crippen LogP contribution in [-0.4, -0.2) is 19.7 Å². The van der Waals surface area contributed by atoms with Crippen LogP contribution in [0.4, 0.5) is 5.82 Å². The smallest absolute Gasteiger partial charge is 0.271 e. The highest BCUT2D eigenvalue weighted by atomic mass is 35.5. The Labute approximate surface area is 102 Å². The van der Waals surface area contributed by atoms with Gasteiger partial charge in [0.05, 0.1) is 11.4 Å². The minimum Gasteiger partial charge on any atom is -0.383 e. The Morgan fingerprint density at radius 1 is 1.29 bits per heavy atom. The van der Waals surface area contributed by atoms with Gasteiger partial charge in [0, 0.05) is 5.56 Å². The van der Waals surface area contributed by atoms with Gasteiger partial charge in [-0.25, -0.2) is 4.98 Å². The summed E-state index contributed by atoms with van der Waals surface area (Å²) in [5, 5.41) is 4.28. The molecule has 6 nitrogen and oxygen atoms in total. The van der Waals surface area contributed by atoms with E-state index in [1.807, 2.05) is 13.8 Å². The minimum atomic E-state index is -0.403. The molecule has 0 aliphatic heterocycles. The third kappa shape index (κ3) is 1.80. The molecule has 3 N–H and O–H groups in total. The van der Waals surface area contributed by atoms with Gasteiger partial charge >= 0.3 is 0 Å². The standard InChI is InChI=1S/C10H12ClN5O/c1-4-5(2)15-16(8(4)12)10-13-6(3)7(11)9(17)14-10/h12H2,1-3H3,(H,13,14,17). The number of anilines is 1. The largest absolute Gasteiger partial charge is 0.383 e. The zero-order valence-electron chi connectivity index (χ0n) is 9.71. The Bertz CT molecular complexity index is 643. The number of hydrogen-bond acceptors (Lipinski definition) is 4. The van der Waals surface area contributed by atoms with E-state index in [-0.39, 0.29) is 11.0 Å². The summed E-state index contributed by atoms with van der Waals surface area (Å²) in [7, 11) is 0. The zero-order chi connectivity index (χ0) is 12.7. The van der Waals surface area contributed by atoms with Gasteiger partial charge in [0.1, 0.15) is 10.8 Å². The highest BCUT2D eigenvalue weighted by Crippen LogP contribution is 2.17. The van der Waals surface area contributed by atoms with Gasteiger partial charge in [0.15, 0.2) is 0 Å². The number of nitrogen functional groups attached to an aromatic ring is 1. The first kappa shape index (κ1) is 11.7. The fourth-order valence-electron chi connectivity index (χ4n) is 1.44. The number of aromatic nitrogens is 4. The van der Waals surface area contributed by atoms with E-state index in [1.54, 1.807) is 6.92 Å². The maximum atomic E-state index is 11.5. The molecule has 0 unspecified atom stereocenters. The molecule has 17 heavy (non-hydrogen) atoms. The molecule has 2 aromatic heterocycles. The molecule has 7 heteroatoms. The number of aryl methyl sites for hydroxylation is 2. The number of hydrogen-bond donors (Lipinski definition) is 2. The highest BCUT2D eigenvalue weighted by molar-refractivity contribution is 6.30. The summed E-state index contributed by atoms with van der Waals surface area (Å²) in [6, 6.07) is 0. The van der Waals surface area contributed by atoms with Crippen molar-refractivity contribution in [3.05, 3.63) is 32.3 Å². The lowest BCUT2D eigenvalue weighted by Gasteiger charge is -2.04. The van der Waals surface area contributed by atoms with Gasteiger partial charge in [-0.2, -0.15) is 9.78 Å². The Kier molecular flexibility index (Phi) is 2.66. The SMILES string of the molecule is Cc1nn(-c2nc(C)c(Cl)c(=O)[nH]2)c(N)c1C. The van der Waals surface area contributed by atoms with Crippen molar-refractivity contribution in [3.63, 3.8) is 0 Å². The van der Waals surface area contributed by atoms with Crippen LogP contribution in [0, 0.1) is 20.8 Å². The van der Waals surface area contributed by atoms with E-state index in [1.165, 1.54) is 4.68 Å².